The fourth-order valence-electron chi connectivity index (χ4n) is 1.76. The molecule has 0 N–H and O–H groups in total. The van der Waals surface area contributed by atoms with Crippen molar-refractivity contribution in [3.05, 3.63) is 59.3 Å². The zero-order valence-corrected chi connectivity index (χ0v) is 9.59. The fourth-order valence-corrected chi connectivity index (χ4v) is 1.76. The summed E-state index contributed by atoms with van der Waals surface area (Å²) < 4.78 is 0. The molecule has 1 amide bonds. The number of hydrogen-bond acceptors (Lipinski definition) is 2. The first-order valence-electron chi connectivity index (χ1n) is 5.41. The molecule has 3 heteroatoms. The van der Waals surface area contributed by atoms with Gasteiger partial charge in [-0.25, -0.2) is 0 Å². The molecular formula is C14H13NO2. The molecule has 0 bridgehead atoms. The lowest BCUT2D eigenvalue weighted by Gasteiger charge is -2.21. The fraction of sp³-hybridized carbons (Fsp3) is 0.143. The van der Waals surface area contributed by atoms with Crippen LogP contribution in [0.15, 0.2) is 48.2 Å². The van der Waals surface area contributed by atoms with Crippen molar-refractivity contribution < 1.29 is 9.59 Å². The van der Waals surface area contributed by atoms with Gasteiger partial charge in [0.15, 0.2) is 0 Å². The normalized spacial score (nSPS) is 14.4. The third-order valence-electron chi connectivity index (χ3n) is 2.72. The summed E-state index contributed by atoms with van der Waals surface area (Å²) in [6, 6.07) is 7.43. The van der Waals surface area contributed by atoms with Gasteiger partial charge in [-0.3, -0.25) is 9.59 Å². The van der Waals surface area contributed by atoms with Crippen molar-refractivity contribution in [1.29, 1.82) is 0 Å². The van der Waals surface area contributed by atoms with Crippen LogP contribution in [0.25, 0.3) is 0 Å². The summed E-state index contributed by atoms with van der Waals surface area (Å²) in [7, 11) is 0. The van der Waals surface area contributed by atoms with E-state index in [-0.39, 0.29) is 5.91 Å². The van der Waals surface area contributed by atoms with Gasteiger partial charge in [0, 0.05) is 17.3 Å². The van der Waals surface area contributed by atoms with Gasteiger partial charge in [0.2, 0.25) is 0 Å². The van der Waals surface area contributed by atoms with Gasteiger partial charge in [-0.2, -0.15) is 0 Å². The second-order valence-corrected chi connectivity index (χ2v) is 3.95. The molecule has 0 saturated carbocycles. The minimum atomic E-state index is -0.0770. The molecule has 1 aromatic rings. The van der Waals surface area contributed by atoms with Gasteiger partial charge in [-0.15, -0.1) is 0 Å². The molecule has 2 rings (SSSR count). The van der Waals surface area contributed by atoms with Crippen LogP contribution >= 0.6 is 0 Å². The Hall–Kier alpha value is -2.16. The number of aryl methyl sites for hydroxylation is 1. The smallest absolute Gasteiger partial charge is 0.258 e. The summed E-state index contributed by atoms with van der Waals surface area (Å²) in [6.07, 6.45) is 5.90. The Morgan fingerprint density at radius 2 is 2.12 bits per heavy atom. The lowest BCUT2D eigenvalue weighted by molar-refractivity contribution is -0.105. The summed E-state index contributed by atoms with van der Waals surface area (Å²) in [6.45, 7) is 2.24. The molecule has 1 aliphatic heterocycles. The second-order valence-electron chi connectivity index (χ2n) is 3.95. The van der Waals surface area contributed by atoms with Crippen LogP contribution < -0.4 is 0 Å². The van der Waals surface area contributed by atoms with Crippen molar-refractivity contribution >= 4 is 12.2 Å². The molecule has 0 spiro atoms. The standard InChI is InChI=1S/C14H13NO2/c1-11-5-2-3-7-13(11)14(17)15-8-4-6-12(9-15)10-16/h2-8,10H,9H2,1H3. The Balaban J connectivity index is 2.23. The molecule has 1 heterocycles. The average molecular weight is 227 g/mol. The van der Waals surface area contributed by atoms with Crippen molar-refractivity contribution in [2.75, 3.05) is 6.54 Å². The van der Waals surface area contributed by atoms with Gasteiger partial charge in [0.25, 0.3) is 5.91 Å². The van der Waals surface area contributed by atoms with Gasteiger partial charge < -0.3 is 4.90 Å². The highest BCUT2D eigenvalue weighted by Gasteiger charge is 2.17. The van der Waals surface area contributed by atoms with Crippen molar-refractivity contribution in [3.63, 3.8) is 0 Å². The third-order valence-corrected chi connectivity index (χ3v) is 2.72. The minimum Gasteiger partial charge on any atom is -0.310 e. The van der Waals surface area contributed by atoms with Crippen LogP contribution in [0.2, 0.25) is 0 Å². The molecular weight excluding hydrogens is 214 g/mol. The zero-order valence-electron chi connectivity index (χ0n) is 9.59. The second kappa shape index (κ2) is 4.78. The number of hydrogen-bond donors (Lipinski definition) is 0. The van der Waals surface area contributed by atoms with E-state index in [2.05, 4.69) is 0 Å². The summed E-state index contributed by atoms with van der Waals surface area (Å²) in [5.41, 5.74) is 2.21. The molecule has 0 radical (unpaired) electrons. The average Bonchev–Trinajstić information content (AvgIpc) is 2.38. The van der Waals surface area contributed by atoms with E-state index < -0.39 is 0 Å². The highest BCUT2D eigenvalue weighted by molar-refractivity contribution is 5.97. The summed E-state index contributed by atoms with van der Waals surface area (Å²) in [4.78, 5) is 24.5. The quantitative estimate of drug-likeness (QED) is 0.725. The predicted octanol–water partition coefficient (Wildman–Crippen LogP) is 2.09. The van der Waals surface area contributed by atoms with Gasteiger partial charge in [0.1, 0.15) is 6.29 Å². The molecule has 0 atom stereocenters. The maximum Gasteiger partial charge on any atom is 0.258 e. The Kier molecular flexibility index (Phi) is 3.19. The monoisotopic (exact) mass is 227 g/mol. The molecule has 0 aromatic heterocycles. The van der Waals surface area contributed by atoms with E-state index >= 15 is 0 Å². The number of aldehydes is 1. The van der Waals surface area contributed by atoms with Crippen molar-refractivity contribution in [3.8, 4) is 0 Å². The van der Waals surface area contributed by atoms with E-state index in [1.54, 1.807) is 29.3 Å². The number of nitrogens with zero attached hydrogens (tertiary/aromatic N) is 1. The van der Waals surface area contributed by atoms with Crippen LogP contribution in [0.4, 0.5) is 0 Å². The van der Waals surface area contributed by atoms with Crippen molar-refractivity contribution in [1.82, 2.24) is 4.90 Å². The molecule has 0 saturated heterocycles. The molecule has 17 heavy (non-hydrogen) atoms. The number of amides is 1. The largest absolute Gasteiger partial charge is 0.310 e. The van der Waals surface area contributed by atoms with Gasteiger partial charge in [-0.05, 0) is 24.6 Å². The van der Waals surface area contributed by atoms with Crippen LogP contribution in [-0.2, 0) is 4.79 Å². The number of allylic oxidation sites excluding steroid dienone is 2. The maximum atomic E-state index is 12.2. The Labute approximate surface area is 100 Å². The van der Waals surface area contributed by atoms with Crippen molar-refractivity contribution in [2.45, 2.75) is 6.92 Å². The number of carbonyl (C=O) groups excluding carboxylic acids is 2. The Morgan fingerprint density at radius 1 is 1.35 bits per heavy atom. The Bertz CT molecular complexity index is 515. The number of rotatable bonds is 2. The van der Waals surface area contributed by atoms with Gasteiger partial charge in [-0.1, -0.05) is 24.3 Å². The SMILES string of the molecule is Cc1ccccc1C(=O)N1C=CC=C(C=O)C1. The summed E-state index contributed by atoms with van der Waals surface area (Å²) in [5.74, 6) is -0.0770. The maximum absolute atomic E-state index is 12.2. The van der Waals surface area contributed by atoms with E-state index in [1.807, 2.05) is 25.1 Å². The van der Waals surface area contributed by atoms with E-state index in [0.717, 1.165) is 11.8 Å². The van der Waals surface area contributed by atoms with Gasteiger partial charge in [0.05, 0.1) is 6.54 Å². The summed E-state index contributed by atoms with van der Waals surface area (Å²) in [5, 5.41) is 0. The lowest BCUT2D eigenvalue weighted by atomic mass is 10.1. The molecule has 3 nitrogen and oxygen atoms in total. The highest BCUT2D eigenvalue weighted by Crippen LogP contribution is 2.14. The van der Waals surface area contributed by atoms with Crippen molar-refractivity contribution in [2.24, 2.45) is 0 Å². The van der Waals surface area contributed by atoms with Crippen LogP contribution in [0, 0.1) is 6.92 Å². The lowest BCUT2D eigenvalue weighted by Crippen LogP contribution is -2.30. The third kappa shape index (κ3) is 2.33. The van der Waals surface area contributed by atoms with Crippen LogP contribution in [-0.4, -0.2) is 23.6 Å². The molecule has 1 aliphatic rings. The molecule has 0 unspecified atom stereocenters. The first-order chi connectivity index (χ1) is 8.22. The first-order valence-corrected chi connectivity index (χ1v) is 5.41. The zero-order chi connectivity index (χ0) is 12.3. The first kappa shape index (κ1) is 11.3. The molecule has 0 fully saturated rings. The summed E-state index contributed by atoms with van der Waals surface area (Å²) >= 11 is 0. The molecule has 0 aliphatic carbocycles. The Morgan fingerprint density at radius 3 is 2.82 bits per heavy atom. The minimum absolute atomic E-state index is 0.0770. The van der Waals surface area contributed by atoms with E-state index in [4.69, 9.17) is 0 Å². The van der Waals surface area contributed by atoms with Crippen LogP contribution in [0.3, 0.4) is 0 Å². The number of benzene rings is 1. The van der Waals surface area contributed by atoms with E-state index in [9.17, 15) is 9.59 Å². The topological polar surface area (TPSA) is 37.4 Å². The highest BCUT2D eigenvalue weighted by atomic mass is 16.2. The molecule has 86 valence electrons. The van der Waals surface area contributed by atoms with Gasteiger partial charge >= 0.3 is 0 Å². The number of carbonyl (C=O) groups is 2. The van der Waals surface area contributed by atoms with E-state index in [0.29, 0.717) is 17.7 Å². The predicted molar refractivity (Wildman–Crippen MR) is 65.5 cm³/mol. The van der Waals surface area contributed by atoms with Crippen LogP contribution in [0.5, 0.6) is 0 Å². The molecule has 1 aromatic carbocycles. The van der Waals surface area contributed by atoms with Crippen LogP contribution in [0.1, 0.15) is 15.9 Å². The van der Waals surface area contributed by atoms with E-state index in [1.165, 1.54) is 0 Å².